The molecule has 3 aromatic rings. The van der Waals surface area contributed by atoms with Crippen LogP contribution >= 0.6 is 15.9 Å². The van der Waals surface area contributed by atoms with Gasteiger partial charge in [0.05, 0.1) is 7.11 Å². The van der Waals surface area contributed by atoms with Crippen molar-refractivity contribution in [2.75, 3.05) is 7.11 Å². The standard InChI is InChI=1S/C28H30BrNO3/c1-27-13-11-22-21-10-8-20(32-2)15-18(21)5-9-23(22)24(27)12-14-28(27,31)26-16-25(30-33-26)17-3-6-19(29)7-4-17/h3-4,6-8,10,15-16,22-24,31H,5,9,11-14H2,1-2H3/t22-,23-,24+,27+,28-/m1/s1. The predicted molar refractivity (Wildman–Crippen MR) is 131 cm³/mol. The first-order valence-corrected chi connectivity index (χ1v) is 12.8. The molecule has 4 nitrogen and oxygen atoms in total. The van der Waals surface area contributed by atoms with Gasteiger partial charge in [-0.2, -0.15) is 0 Å². The molecule has 2 fully saturated rings. The molecule has 0 aliphatic heterocycles. The Balaban J connectivity index is 1.31. The van der Waals surface area contributed by atoms with Gasteiger partial charge < -0.3 is 14.4 Å². The number of aliphatic hydroxyl groups is 1. The molecule has 1 N–H and O–H groups in total. The molecule has 0 spiro atoms. The van der Waals surface area contributed by atoms with Gasteiger partial charge in [0.2, 0.25) is 0 Å². The summed E-state index contributed by atoms with van der Waals surface area (Å²) in [7, 11) is 1.74. The number of ether oxygens (including phenoxy) is 1. The van der Waals surface area contributed by atoms with Gasteiger partial charge in [0.15, 0.2) is 5.76 Å². The van der Waals surface area contributed by atoms with E-state index in [0.29, 0.717) is 23.5 Å². The van der Waals surface area contributed by atoms with Gasteiger partial charge in [0.1, 0.15) is 17.0 Å². The Hall–Kier alpha value is -2.11. The summed E-state index contributed by atoms with van der Waals surface area (Å²) in [6, 6.07) is 16.6. The lowest BCUT2D eigenvalue weighted by molar-refractivity contribution is -0.122. The first kappa shape index (κ1) is 21.4. The molecule has 5 heteroatoms. The number of methoxy groups -OCH3 is 1. The first-order valence-electron chi connectivity index (χ1n) is 12.1. The van der Waals surface area contributed by atoms with E-state index in [4.69, 9.17) is 9.26 Å². The fraction of sp³-hybridized carbons (Fsp3) is 0.464. The Morgan fingerprint density at radius 2 is 1.88 bits per heavy atom. The molecule has 3 aliphatic rings. The molecular weight excluding hydrogens is 478 g/mol. The summed E-state index contributed by atoms with van der Waals surface area (Å²) in [4.78, 5) is 0. The zero-order valence-corrected chi connectivity index (χ0v) is 20.8. The van der Waals surface area contributed by atoms with Gasteiger partial charge in [-0.05, 0) is 91.7 Å². The van der Waals surface area contributed by atoms with Crippen molar-refractivity contribution in [3.8, 4) is 17.0 Å². The third-order valence-corrected chi connectivity index (χ3v) is 9.67. The lowest BCUT2D eigenvalue weighted by Crippen LogP contribution is -2.49. The van der Waals surface area contributed by atoms with Crippen molar-refractivity contribution in [1.82, 2.24) is 5.16 Å². The fourth-order valence-electron chi connectivity index (χ4n) is 7.33. The molecular formula is C28H30BrNO3. The summed E-state index contributed by atoms with van der Waals surface area (Å²) in [5.41, 5.74) is 3.56. The second-order valence-electron chi connectivity index (χ2n) is 10.4. The summed E-state index contributed by atoms with van der Waals surface area (Å²) in [5.74, 6) is 3.25. The van der Waals surface area contributed by atoms with Crippen LogP contribution in [0, 0.1) is 17.3 Å². The normalized spacial score (nSPS) is 32.7. The maximum Gasteiger partial charge on any atom is 0.169 e. The zero-order valence-electron chi connectivity index (χ0n) is 19.2. The third kappa shape index (κ3) is 3.15. The monoisotopic (exact) mass is 507 g/mol. The molecule has 3 aliphatic carbocycles. The van der Waals surface area contributed by atoms with Crippen molar-refractivity contribution in [1.29, 1.82) is 0 Å². The van der Waals surface area contributed by atoms with Crippen LogP contribution < -0.4 is 4.74 Å². The van der Waals surface area contributed by atoms with Gasteiger partial charge in [-0.25, -0.2) is 0 Å². The SMILES string of the molecule is COc1ccc2c(c1)CC[C@@H]1[C@@H]2CC[C@@]2(C)[C@H]1CC[C@@]2(O)c1cc(-c2ccc(Br)cc2)no1. The van der Waals surface area contributed by atoms with Crippen LogP contribution in [0.25, 0.3) is 11.3 Å². The Bertz CT molecular complexity index is 1190. The number of hydrogen-bond acceptors (Lipinski definition) is 4. The topological polar surface area (TPSA) is 55.5 Å². The number of aryl methyl sites for hydroxylation is 1. The lowest BCUT2D eigenvalue weighted by Gasteiger charge is -2.52. The Morgan fingerprint density at radius 1 is 1.06 bits per heavy atom. The van der Waals surface area contributed by atoms with E-state index in [2.05, 4.69) is 46.2 Å². The molecule has 2 aromatic carbocycles. The van der Waals surface area contributed by atoms with E-state index in [-0.39, 0.29) is 5.41 Å². The highest BCUT2D eigenvalue weighted by molar-refractivity contribution is 9.10. The molecule has 0 saturated heterocycles. The summed E-state index contributed by atoms with van der Waals surface area (Å²) in [6.45, 7) is 2.30. The van der Waals surface area contributed by atoms with Crippen LogP contribution in [-0.4, -0.2) is 17.4 Å². The van der Waals surface area contributed by atoms with Gasteiger partial charge in [-0.3, -0.25) is 0 Å². The number of hydrogen-bond donors (Lipinski definition) is 1. The molecule has 172 valence electrons. The number of nitrogens with zero attached hydrogens (tertiary/aromatic N) is 1. The Morgan fingerprint density at radius 3 is 2.67 bits per heavy atom. The molecule has 5 atom stereocenters. The molecule has 2 saturated carbocycles. The molecule has 33 heavy (non-hydrogen) atoms. The average molecular weight is 508 g/mol. The van der Waals surface area contributed by atoms with E-state index in [1.54, 1.807) is 7.11 Å². The van der Waals surface area contributed by atoms with Crippen molar-refractivity contribution >= 4 is 15.9 Å². The highest BCUT2D eigenvalue weighted by Crippen LogP contribution is 2.67. The molecule has 6 rings (SSSR count). The number of halogens is 1. The third-order valence-electron chi connectivity index (χ3n) is 9.14. The average Bonchev–Trinajstić information content (AvgIpc) is 3.43. The maximum atomic E-state index is 12.1. The second-order valence-corrected chi connectivity index (χ2v) is 11.3. The predicted octanol–water partition coefficient (Wildman–Crippen LogP) is 6.86. The van der Waals surface area contributed by atoms with E-state index >= 15 is 0 Å². The number of fused-ring (bicyclic) bond motifs is 5. The van der Waals surface area contributed by atoms with Crippen LogP contribution in [0.3, 0.4) is 0 Å². The minimum absolute atomic E-state index is 0.200. The molecule has 1 heterocycles. The van der Waals surface area contributed by atoms with E-state index in [1.807, 2.05) is 30.3 Å². The first-order chi connectivity index (χ1) is 15.9. The van der Waals surface area contributed by atoms with Gasteiger partial charge in [0, 0.05) is 21.5 Å². The number of rotatable bonds is 3. The van der Waals surface area contributed by atoms with Crippen molar-refractivity contribution < 1.29 is 14.4 Å². The van der Waals surface area contributed by atoms with Gasteiger partial charge in [-0.1, -0.05) is 46.2 Å². The van der Waals surface area contributed by atoms with Crippen molar-refractivity contribution in [3.05, 3.63) is 69.9 Å². The van der Waals surface area contributed by atoms with E-state index < -0.39 is 5.60 Å². The molecule has 0 unspecified atom stereocenters. The Labute approximate surface area is 203 Å². The minimum Gasteiger partial charge on any atom is -0.497 e. The van der Waals surface area contributed by atoms with Gasteiger partial charge >= 0.3 is 0 Å². The second kappa shape index (κ2) is 7.71. The van der Waals surface area contributed by atoms with Gasteiger partial charge in [-0.15, -0.1) is 0 Å². The quantitative estimate of drug-likeness (QED) is 0.420. The van der Waals surface area contributed by atoms with Crippen molar-refractivity contribution in [2.45, 2.75) is 57.0 Å². The molecule has 1 aromatic heterocycles. The van der Waals surface area contributed by atoms with E-state index in [9.17, 15) is 5.11 Å². The minimum atomic E-state index is -0.969. The Kier molecular flexibility index (Phi) is 5.00. The fourth-order valence-corrected chi connectivity index (χ4v) is 7.60. The molecule has 0 bridgehead atoms. The van der Waals surface area contributed by atoms with Gasteiger partial charge in [0.25, 0.3) is 0 Å². The van der Waals surface area contributed by atoms with Crippen LogP contribution in [0.5, 0.6) is 5.75 Å². The number of benzene rings is 2. The highest BCUT2D eigenvalue weighted by Gasteiger charge is 2.63. The summed E-state index contributed by atoms with van der Waals surface area (Å²) < 4.78 is 12.3. The summed E-state index contributed by atoms with van der Waals surface area (Å²) in [5, 5.41) is 16.5. The summed E-state index contributed by atoms with van der Waals surface area (Å²) in [6.07, 6.45) is 6.15. The van der Waals surface area contributed by atoms with Crippen molar-refractivity contribution in [3.63, 3.8) is 0 Å². The van der Waals surface area contributed by atoms with Crippen LogP contribution in [0.2, 0.25) is 0 Å². The van der Waals surface area contributed by atoms with E-state index in [1.165, 1.54) is 17.5 Å². The zero-order chi connectivity index (χ0) is 22.8. The van der Waals surface area contributed by atoms with Crippen molar-refractivity contribution in [2.24, 2.45) is 17.3 Å². The molecule has 0 amide bonds. The van der Waals surface area contributed by atoms with Crippen LogP contribution in [0.15, 0.2) is 57.5 Å². The number of aromatic nitrogens is 1. The smallest absolute Gasteiger partial charge is 0.169 e. The summed E-state index contributed by atoms with van der Waals surface area (Å²) >= 11 is 3.49. The largest absolute Gasteiger partial charge is 0.497 e. The van der Waals surface area contributed by atoms with Crippen LogP contribution in [0.1, 0.15) is 61.8 Å². The highest BCUT2D eigenvalue weighted by atomic mass is 79.9. The maximum absolute atomic E-state index is 12.1. The lowest BCUT2D eigenvalue weighted by atomic mass is 9.53. The van der Waals surface area contributed by atoms with Crippen LogP contribution in [-0.2, 0) is 12.0 Å². The van der Waals surface area contributed by atoms with E-state index in [0.717, 1.165) is 53.6 Å². The molecule has 0 radical (unpaired) electrons. The van der Waals surface area contributed by atoms with Crippen LogP contribution in [0.4, 0.5) is 0 Å².